The van der Waals surface area contributed by atoms with E-state index in [9.17, 15) is 28.2 Å². The van der Waals surface area contributed by atoms with Gasteiger partial charge in [-0.25, -0.2) is 8.42 Å². The molecule has 0 amide bonds. The highest BCUT2D eigenvalue weighted by molar-refractivity contribution is 7.90. The molecule has 0 spiro atoms. The average Bonchev–Trinajstić information content (AvgIpc) is 2.25. The molecule has 0 aliphatic heterocycles. The van der Waals surface area contributed by atoms with Crippen LogP contribution in [-0.2, 0) is 19.4 Å². The summed E-state index contributed by atoms with van der Waals surface area (Å²) in [6.45, 7) is 1.44. The van der Waals surface area contributed by atoms with Gasteiger partial charge in [-0.2, -0.15) is 0 Å². The molecule has 6 nitrogen and oxygen atoms in total. The Hall–Kier alpha value is -1.63. The Balaban J connectivity index is 3.31. The molecule has 7 heteroatoms. The summed E-state index contributed by atoms with van der Waals surface area (Å²) < 4.78 is 22.7. The third-order valence-corrected chi connectivity index (χ3v) is 4.41. The fourth-order valence-electron chi connectivity index (χ4n) is 2.42. The third-order valence-electron chi connectivity index (χ3n) is 3.31. The molecule has 0 saturated heterocycles. The van der Waals surface area contributed by atoms with Crippen molar-refractivity contribution in [1.29, 1.82) is 0 Å². The third kappa shape index (κ3) is 3.04. The fourth-order valence-corrected chi connectivity index (χ4v) is 3.60. The highest BCUT2D eigenvalue weighted by atomic mass is 32.2. The van der Waals surface area contributed by atoms with Crippen LogP contribution < -0.4 is 0 Å². The Bertz CT molecular complexity index is 545. The summed E-state index contributed by atoms with van der Waals surface area (Å²) in [5.41, 5.74) is -1.75. The number of carbonyl (C=O) groups is 2. The van der Waals surface area contributed by atoms with E-state index < -0.39 is 39.0 Å². The minimum absolute atomic E-state index is 0.388. The van der Waals surface area contributed by atoms with Crippen LogP contribution in [0.15, 0.2) is 24.3 Å². The molecule has 0 heterocycles. The Morgan fingerprint density at radius 2 is 1.89 bits per heavy atom. The molecule has 19 heavy (non-hydrogen) atoms. The lowest BCUT2D eigenvalue weighted by atomic mass is 9.65. The smallest absolute Gasteiger partial charge is 0.315 e. The van der Waals surface area contributed by atoms with Crippen LogP contribution in [0.2, 0.25) is 0 Å². The van der Waals surface area contributed by atoms with E-state index in [2.05, 4.69) is 0 Å². The van der Waals surface area contributed by atoms with Crippen molar-refractivity contribution in [3.63, 3.8) is 0 Å². The van der Waals surface area contributed by atoms with E-state index >= 15 is 0 Å². The number of allylic oxidation sites excluding steroid dienone is 2. The molecule has 1 aliphatic carbocycles. The Morgan fingerprint density at radius 3 is 2.32 bits per heavy atom. The van der Waals surface area contributed by atoms with Gasteiger partial charge < -0.3 is 10.2 Å². The van der Waals surface area contributed by atoms with Crippen LogP contribution in [-0.4, -0.2) is 42.6 Å². The monoisotopic (exact) mass is 288 g/mol. The van der Waals surface area contributed by atoms with E-state index in [-0.39, 0.29) is 5.75 Å². The number of hydrogen-bond donors (Lipinski definition) is 2. The molecule has 0 saturated carbocycles. The molecule has 0 radical (unpaired) electrons. The average molecular weight is 288 g/mol. The van der Waals surface area contributed by atoms with Crippen molar-refractivity contribution < 1.29 is 28.2 Å². The van der Waals surface area contributed by atoms with Crippen molar-refractivity contribution >= 4 is 21.8 Å². The molecular weight excluding hydrogens is 272 g/mol. The normalized spacial score (nSPS) is 28.0. The van der Waals surface area contributed by atoms with Crippen LogP contribution in [0.3, 0.4) is 0 Å². The predicted octanol–water partition coefficient (Wildman–Crippen LogP) is 0.565. The van der Waals surface area contributed by atoms with Crippen LogP contribution in [0.1, 0.15) is 6.92 Å². The lowest BCUT2D eigenvalue weighted by molar-refractivity contribution is -0.159. The first-order chi connectivity index (χ1) is 8.61. The van der Waals surface area contributed by atoms with Gasteiger partial charge >= 0.3 is 11.9 Å². The molecular formula is C12H16O6S. The maximum atomic E-state index is 11.6. The minimum Gasteiger partial charge on any atom is -0.481 e. The number of rotatable bonds is 5. The zero-order chi connectivity index (χ0) is 14.8. The Labute approximate surface area is 111 Å². The summed E-state index contributed by atoms with van der Waals surface area (Å²) in [7, 11) is -3.41. The van der Waals surface area contributed by atoms with Gasteiger partial charge in [-0.1, -0.05) is 31.2 Å². The summed E-state index contributed by atoms with van der Waals surface area (Å²) in [5.74, 6) is -5.16. The van der Waals surface area contributed by atoms with Gasteiger partial charge in [0.1, 0.15) is 15.3 Å². The van der Waals surface area contributed by atoms with Crippen LogP contribution in [0.5, 0.6) is 0 Å². The summed E-state index contributed by atoms with van der Waals surface area (Å²) in [4.78, 5) is 22.8. The van der Waals surface area contributed by atoms with Crippen LogP contribution in [0.4, 0.5) is 0 Å². The number of sulfone groups is 1. The van der Waals surface area contributed by atoms with Crippen LogP contribution in [0, 0.1) is 17.3 Å². The van der Waals surface area contributed by atoms with Crippen molar-refractivity contribution in [2.24, 2.45) is 17.3 Å². The molecule has 3 atom stereocenters. The summed E-state index contributed by atoms with van der Waals surface area (Å²) >= 11 is 0. The standard InChI is InChI=1S/C12H16O6S/c1-8(7-19(2,17)18)12(11(15)16)6-4-3-5-9(12)10(13)14/h3-6,8-9H,7H2,1-2H3,(H,13,14)(H,15,16). The van der Waals surface area contributed by atoms with Gasteiger partial charge in [0.25, 0.3) is 0 Å². The lowest BCUT2D eigenvalue weighted by Gasteiger charge is -2.37. The summed E-state index contributed by atoms with van der Waals surface area (Å²) in [6.07, 6.45) is 6.43. The maximum Gasteiger partial charge on any atom is 0.315 e. The zero-order valence-electron chi connectivity index (χ0n) is 10.6. The van der Waals surface area contributed by atoms with E-state index in [1.807, 2.05) is 0 Å². The molecule has 0 fully saturated rings. The van der Waals surface area contributed by atoms with Crippen molar-refractivity contribution in [3.8, 4) is 0 Å². The summed E-state index contributed by atoms with van der Waals surface area (Å²) in [6, 6.07) is 0. The molecule has 0 bridgehead atoms. The van der Waals surface area contributed by atoms with E-state index in [0.717, 1.165) is 6.26 Å². The van der Waals surface area contributed by atoms with Crippen LogP contribution in [0.25, 0.3) is 0 Å². The van der Waals surface area contributed by atoms with E-state index in [0.29, 0.717) is 0 Å². The van der Waals surface area contributed by atoms with Gasteiger partial charge in [-0.05, 0) is 5.92 Å². The van der Waals surface area contributed by atoms with Gasteiger partial charge in [0.15, 0.2) is 0 Å². The molecule has 2 N–H and O–H groups in total. The largest absolute Gasteiger partial charge is 0.481 e. The second kappa shape index (κ2) is 5.16. The topological polar surface area (TPSA) is 109 Å². The highest BCUT2D eigenvalue weighted by Crippen LogP contribution is 2.42. The SMILES string of the molecule is CC(CS(C)(=O)=O)C1(C(=O)O)C=CC=CC1C(=O)O. The van der Waals surface area contributed by atoms with Gasteiger partial charge in [0, 0.05) is 6.26 Å². The van der Waals surface area contributed by atoms with Gasteiger partial charge in [0.05, 0.1) is 11.7 Å². The van der Waals surface area contributed by atoms with Gasteiger partial charge in [-0.15, -0.1) is 0 Å². The second-order valence-corrected chi connectivity index (χ2v) is 6.98. The van der Waals surface area contributed by atoms with E-state index in [4.69, 9.17) is 0 Å². The first kappa shape index (κ1) is 15.4. The quantitative estimate of drug-likeness (QED) is 0.765. The number of carboxylic acid groups (broad SMARTS) is 2. The fraction of sp³-hybridized carbons (Fsp3) is 0.500. The van der Waals surface area contributed by atoms with Crippen molar-refractivity contribution in [2.45, 2.75) is 6.92 Å². The number of aliphatic carboxylic acids is 2. The van der Waals surface area contributed by atoms with Gasteiger partial charge in [0.2, 0.25) is 0 Å². The van der Waals surface area contributed by atoms with Crippen molar-refractivity contribution in [2.75, 3.05) is 12.0 Å². The molecule has 3 unspecified atom stereocenters. The first-order valence-corrected chi connectivity index (χ1v) is 7.67. The zero-order valence-corrected chi connectivity index (χ0v) is 11.4. The Kier molecular flexibility index (Phi) is 4.19. The minimum atomic E-state index is -3.41. The number of hydrogen-bond acceptors (Lipinski definition) is 4. The summed E-state index contributed by atoms with van der Waals surface area (Å²) in [5, 5.41) is 18.6. The van der Waals surface area contributed by atoms with E-state index in [1.165, 1.54) is 31.2 Å². The molecule has 1 rings (SSSR count). The van der Waals surface area contributed by atoms with E-state index in [1.54, 1.807) is 0 Å². The number of carboxylic acids is 2. The first-order valence-electron chi connectivity index (χ1n) is 5.61. The molecule has 106 valence electrons. The molecule has 0 aromatic heterocycles. The highest BCUT2D eigenvalue weighted by Gasteiger charge is 2.52. The van der Waals surface area contributed by atoms with Crippen molar-refractivity contribution in [3.05, 3.63) is 24.3 Å². The lowest BCUT2D eigenvalue weighted by Crippen LogP contribution is -2.48. The molecule has 1 aliphatic rings. The van der Waals surface area contributed by atoms with Crippen LogP contribution >= 0.6 is 0 Å². The maximum absolute atomic E-state index is 11.6. The second-order valence-electron chi connectivity index (χ2n) is 4.79. The Morgan fingerprint density at radius 1 is 1.32 bits per heavy atom. The predicted molar refractivity (Wildman–Crippen MR) is 68.3 cm³/mol. The van der Waals surface area contributed by atoms with Gasteiger partial charge in [-0.3, -0.25) is 9.59 Å². The van der Waals surface area contributed by atoms with Crippen molar-refractivity contribution in [1.82, 2.24) is 0 Å². The molecule has 0 aromatic rings. The molecule has 0 aromatic carbocycles.